The van der Waals surface area contributed by atoms with Crippen LogP contribution in [0.2, 0.25) is 5.15 Å². The number of hydrogen-bond acceptors (Lipinski definition) is 5. The molecule has 0 radical (unpaired) electrons. The van der Waals surface area contributed by atoms with Gasteiger partial charge >= 0.3 is 0 Å². The third kappa shape index (κ3) is 3.50. The van der Waals surface area contributed by atoms with E-state index in [1.165, 1.54) is 12.5 Å². The maximum absolute atomic E-state index is 13.6. The summed E-state index contributed by atoms with van der Waals surface area (Å²) in [6.07, 6.45) is 3.89. The minimum absolute atomic E-state index is 0.0414. The van der Waals surface area contributed by atoms with Crippen LogP contribution in [0.3, 0.4) is 0 Å². The minimum atomic E-state index is -4.04. The van der Waals surface area contributed by atoms with Crippen LogP contribution in [-0.4, -0.2) is 17.7 Å². The minimum Gasteiger partial charge on any atom is -0.468 e. The van der Waals surface area contributed by atoms with E-state index in [1.807, 2.05) is 0 Å². The van der Waals surface area contributed by atoms with Crippen LogP contribution >= 0.6 is 11.6 Å². The molecule has 3 heterocycles. The topological polar surface area (TPSA) is 76.6 Å². The third-order valence-corrected chi connectivity index (χ3v) is 5.27. The summed E-state index contributed by atoms with van der Waals surface area (Å²) in [6, 6.07) is 7.42. The molecule has 0 bridgehead atoms. The van der Waals surface area contributed by atoms with E-state index in [-0.39, 0.29) is 18.0 Å². The molecule has 0 fully saturated rings. The van der Waals surface area contributed by atoms with E-state index in [4.69, 9.17) is 20.4 Å². The number of nitrogens with zero attached hydrogens (tertiary/aromatic N) is 2. The molecular formula is C15H12ClFN2O4S. The Morgan fingerprint density at radius 3 is 2.17 bits per heavy atom. The van der Waals surface area contributed by atoms with E-state index in [9.17, 15) is 12.8 Å². The molecule has 24 heavy (non-hydrogen) atoms. The van der Waals surface area contributed by atoms with Crippen LogP contribution in [0.25, 0.3) is 0 Å². The summed E-state index contributed by atoms with van der Waals surface area (Å²) in [5.74, 6) is -0.0336. The lowest BCUT2D eigenvalue weighted by Gasteiger charge is -2.20. The number of aromatic nitrogens is 1. The summed E-state index contributed by atoms with van der Waals surface area (Å²) in [6.45, 7) is -0.0828. The molecule has 9 heteroatoms. The van der Waals surface area contributed by atoms with Crippen molar-refractivity contribution >= 4 is 21.6 Å². The predicted octanol–water partition coefficient (Wildman–Crippen LogP) is 3.45. The molecule has 0 aliphatic carbocycles. The van der Waals surface area contributed by atoms with Crippen LogP contribution in [-0.2, 0) is 23.1 Å². The van der Waals surface area contributed by atoms with Crippen molar-refractivity contribution in [3.63, 3.8) is 0 Å². The van der Waals surface area contributed by atoms with Gasteiger partial charge in [0.05, 0.1) is 25.6 Å². The molecule has 0 saturated carbocycles. The van der Waals surface area contributed by atoms with Crippen molar-refractivity contribution in [2.75, 3.05) is 0 Å². The summed E-state index contributed by atoms with van der Waals surface area (Å²) < 4.78 is 50.8. The quantitative estimate of drug-likeness (QED) is 0.621. The molecule has 0 spiro atoms. The summed E-state index contributed by atoms with van der Waals surface area (Å²) in [5, 5.41) is -0.391. The molecule has 0 saturated heterocycles. The van der Waals surface area contributed by atoms with E-state index in [0.717, 1.165) is 16.6 Å². The van der Waals surface area contributed by atoms with Crippen LogP contribution < -0.4 is 0 Å². The third-order valence-electron chi connectivity index (χ3n) is 3.23. The van der Waals surface area contributed by atoms with Gasteiger partial charge in [-0.2, -0.15) is 4.31 Å². The van der Waals surface area contributed by atoms with Crippen molar-refractivity contribution in [1.29, 1.82) is 0 Å². The summed E-state index contributed by atoms with van der Waals surface area (Å²) in [7, 11) is -4.04. The van der Waals surface area contributed by atoms with Crippen LogP contribution in [0.1, 0.15) is 11.5 Å². The van der Waals surface area contributed by atoms with Crippen molar-refractivity contribution in [3.8, 4) is 0 Å². The first kappa shape index (κ1) is 16.7. The molecule has 0 aliphatic heterocycles. The molecule has 0 N–H and O–H groups in total. The smallest absolute Gasteiger partial charge is 0.245 e. The molecule has 0 atom stereocenters. The molecule has 6 nitrogen and oxygen atoms in total. The fraction of sp³-hybridized carbons (Fsp3) is 0.133. The van der Waals surface area contributed by atoms with Gasteiger partial charge in [0, 0.05) is 6.20 Å². The normalized spacial score (nSPS) is 12.0. The van der Waals surface area contributed by atoms with Gasteiger partial charge in [0.1, 0.15) is 16.4 Å². The van der Waals surface area contributed by atoms with Gasteiger partial charge in [-0.25, -0.2) is 17.8 Å². The first-order valence-corrected chi connectivity index (χ1v) is 8.64. The fourth-order valence-corrected chi connectivity index (χ4v) is 3.51. The molecule has 3 aromatic rings. The van der Waals surface area contributed by atoms with Gasteiger partial charge in [-0.1, -0.05) is 11.6 Å². The van der Waals surface area contributed by atoms with E-state index in [1.54, 1.807) is 24.3 Å². The van der Waals surface area contributed by atoms with Crippen LogP contribution in [0.4, 0.5) is 4.39 Å². The van der Waals surface area contributed by atoms with E-state index in [0.29, 0.717) is 11.5 Å². The van der Waals surface area contributed by atoms with E-state index in [2.05, 4.69) is 4.98 Å². The highest BCUT2D eigenvalue weighted by molar-refractivity contribution is 7.89. The Bertz CT molecular complexity index is 875. The molecule has 0 aromatic carbocycles. The Hall–Kier alpha value is -2.16. The van der Waals surface area contributed by atoms with Gasteiger partial charge in [-0.3, -0.25) is 0 Å². The van der Waals surface area contributed by atoms with Gasteiger partial charge in [-0.05, 0) is 30.3 Å². The lowest BCUT2D eigenvalue weighted by atomic mass is 10.4. The van der Waals surface area contributed by atoms with E-state index < -0.39 is 21.0 Å². The standard InChI is InChI=1S/C15H12ClFN2O4S/c16-15-14(17)7-13(8-18-15)24(20,21)19(9-11-3-1-5-22-11)10-12-4-2-6-23-12/h1-8H,9-10H2. The number of rotatable bonds is 6. The Balaban J connectivity index is 1.97. The maximum atomic E-state index is 13.6. The summed E-state index contributed by atoms with van der Waals surface area (Å²) in [4.78, 5) is 3.26. The zero-order valence-electron chi connectivity index (χ0n) is 12.2. The monoisotopic (exact) mass is 370 g/mol. The first-order valence-electron chi connectivity index (χ1n) is 6.83. The zero-order chi connectivity index (χ0) is 17.2. The second-order valence-electron chi connectivity index (χ2n) is 4.88. The summed E-state index contributed by atoms with van der Waals surface area (Å²) in [5.41, 5.74) is 0. The molecule has 0 unspecified atom stereocenters. The van der Waals surface area contributed by atoms with Gasteiger partial charge in [-0.15, -0.1) is 0 Å². The largest absolute Gasteiger partial charge is 0.468 e. The van der Waals surface area contributed by atoms with Gasteiger partial charge < -0.3 is 8.83 Å². The van der Waals surface area contributed by atoms with Gasteiger partial charge in [0.25, 0.3) is 0 Å². The Labute approximate surface area is 142 Å². The number of pyridine rings is 1. The molecule has 3 aromatic heterocycles. The molecule has 0 aliphatic rings. The van der Waals surface area contributed by atoms with Crippen molar-refractivity contribution in [2.45, 2.75) is 18.0 Å². The average Bonchev–Trinajstić information content (AvgIpc) is 3.23. The first-order chi connectivity index (χ1) is 11.5. The predicted molar refractivity (Wildman–Crippen MR) is 83.1 cm³/mol. The van der Waals surface area contributed by atoms with Gasteiger partial charge in [0.2, 0.25) is 10.0 Å². The number of hydrogen-bond donors (Lipinski definition) is 0. The average molecular weight is 371 g/mol. The maximum Gasteiger partial charge on any atom is 0.245 e. The molecular weight excluding hydrogens is 359 g/mol. The number of sulfonamides is 1. The van der Waals surface area contributed by atoms with Crippen LogP contribution in [0, 0.1) is 5.82 Å². The Morgan fingerprint density at radius 2 is 1.71 bits per heavy atom. The van der Waals surface area contributed by atoms with E-state index >= 15 is 0 Å². The highest BCUT2D eigenvalue weighted by atomic mass is 35.5. The fourth-order valence-electron chi connectivity index (χ4n) is 2.07. The second kappa shape index (κ2) is 6.76. The summed E-state index contributed by atoms with van der Waals surface area (Å²) >= 11 is 5.52. The van der Waals surface area contributed by atoms with Crippen molar-refractivity contribution in [1.82, 2.24) is 9.29 Å². The molecule has 126 valence electrons. The number of halogens is 2. The SMILES string of the molecule is O=S(=O)(c1cnc(Cl)c(F)c1)N(Cc1ccco1)Cc1ccco1. The Kier molecular flexibility index (Phi) is 4.70. The Morgan fingerprint density at radius 1 is 1.12 bits per heavy atom. The molecule has 0 amide bonds. The second-order valence-corrected chi connectivity index (χ2v) is 7.17. The highest BCUT2D eigenvalue weighted by Gasteiger charge is 2.28. The molecule has 3 rings (SSSR count). The lowest BCUT2D eigenvalue weighted by Crippen LogP contribution is -2.30. The van der Waals surface area contributed by atoms with Gasteiger partial charge in [0.15, 0.2) is 11.0 Å². The van der Waals surface area contributed by atoms with Crippen LogP contribution in [0.5, 0.6) is 0 Å². The van der Waals surface area contributed by atoms with Crippen molar-refractivity contribution in [3.05, 3.63) is 71.5 Å². The highest BCUT2D eigenvalue weighted by Crippen LogP contribution is 2.23. The van der Waals surface area contributed by atoms with Crippen molar-refractivity contribution < 1.29 is 21.6 Å². The number of furan rings is 2. The lowest BCUT2D eigenvalue weighted by molar-refractivity contribution is 0.330. The van der Waals surface area contributed by atoms with Crippen LogP contribution in [0.15, 0.2) is 62.8 Å². The zero-order valence-corrected chi connectivity index (χ0v) is 13.8. The van der Waals surface area contributed by atoms with Crippen molar-refractivity contribution in [2.24, 2.45) is 0 Å².